The van der Waals surface area contributed by atoms with Crippen molar-refractivity contribution in [2.75, 3.05) is 5.32 Å². The Balaban J connectivity index is 1.88. The van der Waals surface area contributed by atoms with Gasteiger partial charge < -0.3 is 5.32 Å². The quantitative estimate of drug-likeness (QED) is 0.602. The summed E-state index contributed by atoms with van der Waals surface area (Å²) in [5, 5.41) is 13.7. The number of nitrogens with one attached hydrogen (secondary N) is 1. The van der Waals surface area contributed by atoms with Crippen LogP contribution in [0.25, 0.3) is 0 Å². The van der Waals surface area contributed by atoms with Gasteiger partial charge in [-0.15, -0.1) is 0 Å². The van der Waals surface area contributed by atoms with Gasteiger partial charge in [-0.25, -0.2) is 0 Å². The highest BCUT2D eigenvalue weighted by atomic mass is 16.6. The first-order chi connectivity index (χ1) is 11.0. The Labute approximate surface area is 137 Å². The molecule has 1 saturated carbocycles. The minimum Gasteiger partial charge on any atom is -0.326 e. The minimum absolute atomic E-state index is 0.0483. The van der Waals surface area contributed by atoms with Crippen molar-refractivity contribution in [2.24, 2.45) is 11.8 Å². The summed E-state index contributed by atoms with van der Waals surface area (Å²) in [4.78, 5) is 22.8. The van der Waals surface area contributed by atoms with Gasteiger partial charge in [0.2, 0.25) is 5.91 Å². The first-order valence-electron chi connectivity index (χ1n) is 8.57. The summed E-state index contributed by atoms with van der Waals surface area (Å²) < 4.78 is 0. The maximum absolute atomic E-state index is 12.4. The van der Waals surface area contributed by atoms with Gasteiger partial charge in [-0.05, 0) is 50.7 Å². The molecule has 1 aliphatic carbocycles. The topological polar surface area (TPSA) is 72.2 Å². The molecule has 23 heavy (non-hydrogen) atoms. The molecule has 1 fully saturated rings. The largest absolute Gasteiger partial charge is 0.326 e. The molecule has 0 aliphatic heterocycles. The van der Waals surface area contributed by atoms with E-state index in [0.717, 1.165) is 31.6 Å². The maximum Gasteiger partial charge on any atom is 0.272 e. The summed E-state index contributed by atoms with van der Waals surface area (Å²) in [7, 11) is 0. The van der Waals surface area contributed by atoms with Gasteiger partial charge in [0.1, 0.15) is 0 Å². The highest BCUT2D eigenvalue weighted by molar-refractivity contribution is 5.92. The Morgan fingerprint density at radius 2 is 2.00 bits per heavy atom. The van der Waals surface area contributed by atoms with Crippen molar-refractivity contribution in [1.29, 1.82) is 0 Å². The second-order valence-corrected chi connectivity index (χ2v) is 6.61. The summed E-state index contributed by atoms with van der Waals surface area (Å²) in [5.74, 6) is 0.899. The Morgan fingerprint density at radius 1 is 1.30 bits per heavy atom. The smallest absolute Gasteiger partial charge is 0.272 e. The Bertz CT molecular complexity index is 563. The van der Waals surface area contributed by atoms with Crippen LogP contribution >= 0.6 is 0 Å². The third kappa shape index (κ3) is 4.78. The highest BCUT2D eigenvalue weighted by Crippen LogP contribution is 2.32. The first kappa shape index (κ1) is 17.4. The number of unbranched alkanes of at least 4 members (excludes halogenated alkanes) is 1. The molecule has 0 radical (unpaired) electrons. The van der Waals surface area contributed by atoms with E-state index < -0.39 is 4.92 Å². The number of aryl methyl sites for hydroxylation is 1. The van der Waals surface area contributed by atoms with Gasteiger partial charge in [-0.3, -0.25) is 14.9 Å². The minimum atomic E-state index is -0.404. The molecule has 0 heterocycles. The van der Waals surface area contributed by atoms with Crippen LogP contribution in [0.5, 0.6) is 0 Å². The fourth-order valence-corrected chi connectivity index (χ4v) is 3.39. The van der Waals surface area contributed by atoms with E-state index in [1.165, 1.54) is 25.3 Å². The maximum atomic E-state index is 12.4. The van der Waals surface area contributed by atoms with Gasteiger partial charge in [0.25, 0.3) is 5.69 Å². The standard InChI is InChI=1S/C18H26N2O3/c1-3-4-5-14-6-8-15(9-7-14)18(21)19-16-10-11-17(20(22)23)13(2)12-16/h10-12,14-15H,3-9H2,1-2H3,(H,19,21). The van der Waals surface area contributed by atoms with E-state index >= 15 is 0 Å². The fraction of sp³-hybridized carbons (Fsp3) is 0.611. The van der Waals surface area contributed by atoms with E-state index in [2.05, 4.69) is 12.2 Å². The van der Waals surface area contributed by atoms with Crippen LogP contribution in [-0.2, 0) is 4.79 Å². The molecule has 0 unspecified atom stereocenters. The first-order valence-corrected chi connectivity index (χ1v) is 8.57. The molecule has 0 spiro atoms. The molecule has 0 saturated heterocycles. The average molecular weight is 318 g/mol. The van der Waals surface area contributed by atoms with Gasteiger partial charge in [-0.1, -0.05) is 26.2 Å². The molecular weight excluding hydrogens is 292 g/mol. The molecule has 0 aromatic heterocycles. The van der Waals surface area contributed by atoms with Crippen LogP contribution in [0.1, 0.15) is 57.4 Å². The van der Waals surface area contributed by atoms with Crippen LogP contribution in [0.3, 0.4) is 0 Å². The fourth-order valence-electron chi connectivity index (χ4n) is 3.39. The molecule has 5 heteroatoms. The molecular formula is C18H26N2O3. The molecule has 5 nitrogen and oxygen atoms in total. The predicted octanol–water partition coefficient (Wildman–Crippen LogP) is 4.84. The van der Waals surface area contributed by atoms with Gasteiger partial charge in [0.05, 0.1) is 4.92 Å². The van der Waals surface area contributed by atoms with Crippen molar-refractivity contribution in [3.63, 3.8) is 0 Å². The van der Waals surface area contributed by atoms with Crippen LogP contribution < -0.4 is 5.32 Å². The number of hydrogen-bond donors (Lipinski definition) is 1. The number of nitrogens with zero attached hydrogens (tertiary/aromatic N) is 1. The van der Waals surface area contributed by atoms with Crippen molar-refractivity contribution in [1.82, 2.24) is 0 Å². The zero-order valence-electron chi connectivity index (χ0n) is 14.0. The molecule has 1 aromatic rings. The molecule has 1 N–H and O–H groups in total. The van der Waals surface area contributed by atoms with E-state index in [4.69, 9.17) is 0 Å². The third-order valence-electron chi connectivity index (χ3n) is 4.84. The second-order valence-electron chi connectivity index (χ2n) is 6.61. The van der Waals surface area contributed by atoms with Crippen LogP contribution in [0.4, 0.5) is 11.4 Å². The van der Waals surface area contributed by atoms with E-state index in [9.17, 15) is 14.9 Å². The zero-order valence-corrected chi connectivity index (χ0v) is 14.0. The summed E-state index contributed by atoms with van der Waals surface area (Å²) in [6.07, 6.45) is 7.98. The van der Waals surface area contributed by atoms with Crippen molar-refractivity contribution in [2.45, 2.75) is 58.8 Å². The molecule has 0 bridgehead atoms. The predicted molar refractivity (Wildman–Crippen MR) is 91.4 cm³/mol. The lowest BCUT2D eigenvalue weighted by Crippen LogP contribution is -2.27. The number of hydrogen-bond acceptors (Lipinski definition) is 3. The lowest BCUT2D eigenvalue weighted by Gasteiger charge is -2.27. The van der Waals surface area contributed by atoms with Gasteiger partial charge in [0.15, 0.2) is 0 Å². The van der Waals surface area contributed by atoms with E-state index in [1.807, 2.05) is 0 Å². The average Bonchev–Trinajstić information content (AvgIpc) is 2.53. The molecule has 126 valence electrons. The Morgan fingerprint density at radius 3 is 2.57 bits per heavy atom. The Hall–Kier alpha value is -1.91. The highest BCUT2D eigenvalue weighted by Gasteiger charge is 2.26. The third-order valence-corrected chi connectivity index (χ3v) is 4.84. The summed E-state index contributed by atoms with van der Waals surface area (Å²) in [5.41, 5.74) is 1.29. The lowest BCUT2D eigenvalue weighted by atomic mass is 9.79. The van der Waals surface area contributed by atoms with Crippen LogP contribution in [0, 0.1) is 28.9 Å². The summed E-state index contributed by atoms with van der Waals surface area (Å²) >= 11 is 0. The normalized spacial score (nSPS) is 21.0. The number of nitro benzene ring substituents is 1. The summed E-state index contributed by atoms with van der Waals surface area (Å²) in [6, 6.07) is 4.73. The van der Waals surface area contributed by atoms with Gasteiger partial charge >= 0.3 is 0 Å². The lowest BCUT2D eigenvalue weighted by molar-refractivity contribution is -0.385. The van der Waals surface area contributed by atoms with Crippen molar-refractivity contribution >= 4 is 17.3 Å². The van der Waals surface area contributed by atoms with Crippen LogP contribution in [-0.4, -0.2) is 10.8 Å². The number of carbonyl (C=O) groups excluding carboxylic acids is 1. The van der Waals surface area contributed by atoms with Gasteiger partial charge in [0, 0.05) is 23.2 Å². The molecule has 0 atom stereocenters. The second kappa shape index (κ2) is 8.09. The van der Waals surface area contributed by atoms with Crippen LogP contribution in [0.2, 0.25) is 0 Å². The zero-order chi connectivity index (χ0) is 16.8. The number of benzene rings is 1. The van der Waals surface area contributed by atoms with Crippen molar-refractivity contribution in [3.8, 4) is 0 Å². The molecule has 1 amide bonds. The molecule has 1 aliphatic rings. The van der Waals surface area contributed by atoms with Crippen molar-refractivity contribution < 1.29 is 9.72 Å². The Kier molecular flexibility index (Phi) is 6.13. The van der Waals surface area contributed by atoms with E-state index in [-0.39, 0.29) is 17.5 Å². The number of carbonyl (C=O) groups is 1. The van der Waals surface area contributed by atoms with Crippen LogP contribution in [0.15, 0.2) is 18.2 Å². The summed E-state index contributed by atoms with van der Waals surface area (Å²) in [6.45, 7) is 3.90. The molecule has 1 aromatic carbocycles. The number of rotatable bonds is 6. The van der Waals surface area contributed by atoms with Gasteiger partial charge in [-0.2, -0.15) is 0 Å². The monoisotopic (exact) mass is 318 g/mol. The number of amides is 1. The molecule has 2 rings (SSSR count). The van der Waals surface area contributed by atoms with E-state index in [1.54, 1.807) is 19.1 Å². The van der Waals surface area contributed by atoms with E-state index in [0.29, 0.717) is 11.3 Å². The van der Waals surface area contributed by atoms with Crippen molar-refractivity contribution in [3.05, 3.63) is 33.9 Å². The SMILES string of the molecule is CCCCC1CCC(C(=O)Nc2ccc([N+](=O)[O-])c(C)c2)CC1. The number of anilines is 1. The number of nitro groups is 1.